The van der Waals surface area contributed by atoms with E-state index in [4.69, 9.17) is 10.9 Å². The van der Waals surface area contributed by atoms with Gasteiger partial charge in [0.15, 0.2) is 0 Å². The number of nitrogens with two attached hydrogens (primary N) is 2. The highest BCUT2D eigenvalue weighted by molar-refractivity contribution is 7.89. The quantitative estimate of drug-likeness (QED) is 0.652. The molecule has 6 heteroatoms. The van der Waals surface area contributed by atoms with E-state index in [-0.39, 0.29) is 17.0 Å². The standard InChI is InChI=1S/C9H9FN2O2S/c10-8-3-4-9(15(12,13)14)7(6-8)2-1-5-11/h3-4,6H,5,11H2,(H2,12,13,14). The summed E-state index contributed by atoms with van der Waals surface area (Å²) >= 11 is 0. The molecular weight excluding hydrogens is 219 g/mol. The third kappa shape index (κ3) is 3.02. The molecule has 0 atom stereocenters. The molecule has 80 valence electrons. The van der Waals surface area contributed by atoms with Gasteiger partial charge in [0.2, 0.25) is 10.0 Å². The molecule has 0 aromatic heterocycles. The molecule has 1 aromatic carbocycles. The minimum Gasteiger partial charge on any atom is -0.320 e. The highest BCUT2D eigenvalue weighted by Crippen LogP contribution is 2.14. The lowest BCUT2D eigenvalue weighted by molar-refractivity contribution is 0.596. The lowest BCUT2D eigenvalue weighted by Crippen LogP contribution is -2.14. The second-order valence-corrected chi connectivity index (χ2v) is 4.22. The zero-order chi connectivity index (χ0) is 11.5. The van der Waals surface area contributed by atoms with E-state index in [0.717, 1.165) is 18.2 Å². The Morgan fingerprint density at radius 3 is 2.60 bits per heavy atom. The summed E-state index contributed by atoms with van der Waals surface area (Å²) in [5, 5.41) is 4.93. The summed E-state index contributed by atoms with van der Waals surface area (Å²) in [6.45, 7) is 0.0561. The van der Waals surface area contributed by atoms with Crippen molar-refractivity contribution in [3.63, 3.8) is 0 Å². The molecule has 0 aliphatic rings. The lowest BCUT2D eigenvalue weighted by atomic mass is 10.2. The molecule has 0 bridgehead atoms. The Morgan fingerprint density at radius 1 is 1.40 bits per heavy atom. The number of halogens is 1. The van der Waals surface area contributed by atoms with E-state index < -0.39 is 15.8 Å². The van der Waals surface area contributed by atoms with Crippen LogP contribution in [0.3, 0.4) is 0 Å². The Kier molecular flexibility index (Phi) is 3.42. The number of rotatable bonds is 1. The van der Waals surface area contributed by atoms with Gasteiger partial charge in [0, 0.05) is 5.56 Å². The van der Waals surface area contributed by atoms with Crippen LogP contribution < -0.4 is 10.9 Å². The summed E-state index contributed by atoms with van der Waals surface area (Å²) in [6.07, 6.45) is 0. The summed E-state index contributed by atoms with van der Waals surface area (Å²) in [7, 11) is -3.89. The summed E-state index contributed by atoms with van der Waals surface area (Å²) < 4.78 is 35.0. The van der Waals surface area contributed by atoms with Crippen molar-refractivity contribution in [1.29, 1.82) is 0 Å². The smallest absolute Gasteiger partial charge is 0.239 e. The molecule has 0 saturated carbocycles. The molecule has 1 rings (SSSR count). The Morgan fingerprint density at radius 2 is 2.07 bits per heavy atom. The van der Waals surface area contributed by atoms with Crippen LogP contribution in [0.2, 0.25) is 0 Å². The van der Waals surface area contributed by atoms with Crippen molar-refractivity contribution < 1.29 is 12.8 Å². The van der Waals surface area contributed by atoms with Gasteiger partial charge in [-0.25, -0.2) is 17.9 Å². The summed E-state index contributed by atoms with van der Waals surface area (Å²) in [4.78, 5) is -0.204. The van der Waals surface area contributed by atoms with Crippen LogP contribution in [-0.2, 0) is 10.0 Å². The normalized spacial score (nSPS) is 10.6. The summed E-state index contributed by atoms with van der Waals surface area (Å²) in [5.41, 5.74) is 5.14. The topological polar surface area (TPSA) is 86.2 Å². The monoisotopic (exact) mass is 228 g/mol. The Labute approximate surface area is 87.1 Å². The van der Waals surface area contributed by atoms with Gasteiger partial charge < -0.3 is 5.73 Å². The van der Waals surface area contributed by atoms with Gasteiger partial charge in [-0.3, -0.25) is 0 Å². The predicted molar refractivity (Wildman–Crippen MR) is 53.7 cm³/mol. The summed E-state index contributed by atoms with van der Waals surface area (Å²) in [5.74, 6) is 4.30. The molecular formula is C9H9FN2O2S. The number of sulfonamides is 1. The average Bonchev–Trinajstić information content (AvgIpc) is 2.12. The van der Waals surface area contributed by atoms with Crippen LogP contribution >= 0.6 is 0 Å². The Balaban J connectivity index is 3.40. The van der Waals surface area contributed by atoms with Crippen LogP contribution in [0.25, 0.3) is 0 Å². The molecule has 0 aliphatic heterocycles. The molecule has 4 nitrogen and oxygen atoms in total. The van der Waals surface area contributed by atoms with E-state index in [9.17, 15) is 12.8 Å². The van der Waals surface area contributed by atoms with E-state index in [2.05, 4.69) is 11.8 Å². The lowest BCUT2D eigenvalue weighted by Gasteiger charge is -2.01. The number of benzene rings is 1. The van der Waals surface area contributed by atoms with Gasteiger partial charge in [-0.2, -0.15) is 0 Å². The van der Waals surface area contributed by atoms with E-state index in [1.165, 1.54) is 0 Å². The number of primary sulfonamides is 1. The largest absolute Gasteiger partial charge is 0.320 e. The third-order valence-corrected chi connectivity index (χ3v) is 2.54. The van der Waals surface area contributed by atoms with Crippen LogP contribution in [0.15, 0.2) is 23.1 Å². The maximum absolute atomic E-state index is 12.8. The van der Waals surface area contributed by atoms with Crippen LogP contribution in [0.1, 0.15) is 5.56 Å². The maximum Gasteiger partial charge on any atom is 0.239 e. The van der Waals surface area contributed by atoms with Gasteiger partial charge in [-0.1, -0.05) is 11.8 Å². The maximum atomic E-state index is 12.8. The first-order valence-corrected chi connectivity index (χ1v) is 5.51. The minimum absolute atomic E-state index is 0.0166. The summed E-state index contributed by atoms with van der Waals surface area (Å²) in [6, 6.07) is 3.08. The Hall–Kier alpha value is -1.42. The molecule has 0 saturated heterocycles. The van der Waals surface area contributed by atoms with Crippen LogP contribution in [0.4, 0.5) is 4.39 Å². The molecule has 0 radical (unpaired) electrons. The fraction of sp³-hybridized carbons (Fsp3) is 0.111. The van der Waals surface area contributed by atoms with E-state index in [0.29, 0.717) is 0 Å². The van der Waals surface area contributed by atoms with E-state index in [1.54, 1.807) is 0 Å². The Bertz CT molecular complexity index is 529. The first-order valence-electron chi connectivity index (χ1n) is 3.96. The fourth-order valence-electron chi connectivity index (χ4n) is 0.994. The van der Waals surface area contributed by atoms with E-state index >= 15 is 0 Å². The molecule has 4 N–H and O–H groups in total. The SMILES string of the molecule is NCC#Cc1cc(F)ccc1S(N)(=O)=O. The van der Waals surface area contributed by atoms with Crippen LogP contribution in [0, 0.1) is 17.7 Å². The highest BCUT2D eigenvalue weighted by Gasteiger charge is 2.12. The molecule has 0 amide bonds. The second kappa shape index (κ2) is 4.40. The van der Waals surface area contributed by atoms with Crippen molar-refractivity contribution in [3.8, 4) is 11.8 Å². The first kappa shape index (κ1) is 11.7. The van der Waals surface area contributed by atoms with Crippen molar-refractivity contribution >= 4 is 10.0 Å². The molecule has 0 heterocycles. The predicted octanol–water partition coefficient (Wildman–Crippen LogP) is -0.217. The van der Waals surface area contributed by atoms with Gasteiger partial charge in [-0.05, 0) is 18.2 Å². The molecule has 15 heavy (non-hydrogen) atoms. The van der Waals surface area contributed by atoms with Gasteiger partial charge in [0.05, 0.1) is 11.4 Å². The third-order valence-electron chi connectivity index (χ3n) is 1.57. The van der Waals surface area contributed by atoms with Crippen LogP contribution in [-0.4, -0.2) is 15.0 Å². The number of hydrogen-bond donors (Lipinski definition) is 2. The average molecular weight is 228 g/mol. The van der Waals surface area contributed by atoms with Crippen molar-refractivity contribution in [3.05, 3.63) is 29.6 Å². The van der Waals surface area contributed by atoms with Crippen molar-refractivity contribution in [2.45, 2.75) is 4.90 Å². The fourth-order valence-corrected chi connectivity index (χ4v) is 1.67. The highest BCUT2D eigenvalue weighted by atomic mass is 32.2. The van der Waals surface area contributed by atoms with E-state index in [1.807, 2.05) is 0 Å². The molecule has 1 aromatic rings. The zero-order valence-electron chi connectivity index (χ0n) is 7.70. The minimum atomic E-state index is -3.89. The van der Waals surface area contributed by atoms with Crippen molar-refractivity contribution in [1.82, 2.24) is 0 Å². The molecule has 0 fully saturated rings. The second-order valence-electron chi connectivity index (χ2n) is 2.69. The van der Waals surface area contributed by atoms with Crippen molar-refractivity contribution in [2.24, 2.45) is 10.9 Å². The van der Waals surface area contributed by atoms with Gasteiger partial charge >= 0.3 is 0 Å². The first-order chi connectivity index (χ1) is 6.95. The number of hydrogen-bond acceptors (Lipinski definition) is 3. The molecule has 0 spiro atoms. The van der Waals surface area contributed by atoms with Crippen LogP contribution in [0.5, 0.6) is 0 Å². The van der Waals surface area contributed by atoms with Gasteiger partial charge in [0.25, 0.3) is 0 Å². The van der Waals surface area contributed by atoms with Crippen molar-refractivity contribution in [2.75, 3.05) is 6.54 Å². The zero-order valence-corrected chi connectivity index (χ0v) is 8.51. The van der Waals surface area contributed by atoms with Gasteiger partial charge in [-0.15, -0.1) is 0 Å². The molecule has 0 aliphatic carbocycles. The molecule has 0 unspecified atom stereocenters. The van der Waals surface area contributed by atoms with Gasteiger partial charge in [0.1, 0.15) is 5.82 Å².